The lowest BCUT2D eigenvalue weighted by atomic mass is 9.91. The Morgan fingerprint density at radius 2 is 1.84 bits per heavy atom. The largest absolute Gasteiger partial charge is 0.387 e. The fraction of sp³-hybridized carbons (Fsp3) is 1.00. The molecule has 3 aliphatic rings. The lowest BCUT2D eigenvalue weighted by molar-refractivity contribution is -0.369. The summed E-state index contributed by atoms with van der Waals surface area (Å²) in [6.07, 6.45) is 4.39. The molecule has 2 aliphatic heterocycles. The number of aliphatic hydroxyl groups is 2. The maximum atomic E-state index is 10.3. The van der Waals surface area contributed by atoms with E-state index >= 15 is 0 Å². The highest BCUT2D eigenvalue weighted by Crippen LogP contribution is 2.41. The van der Waals surface area contributed by atoms with Crippen LogP contribution >= 0.6 is 11.8 Å². The van der Waals surface area contributed by atoms with Crippen LogP contribution < -0.4 is 0 Å². The topological polar surface area (TPSA) is 68.2 Å². The van der Waals surface area contributed by atoms with Crippen molar-refractivity contribution < 1.29 is 24.4 Å². The molecule has 1 aliphatic carbocycles. The molecule has 0 aromatic carbocycles. The van der Waals surface area contributed by atoms with E-state index in [-0.39, 0.29) is 6.10 Å². The molecular formula is C13H22O5S. The summed E-state index contributed by atoms with van der Waals surface area (Å²) in [5.41, 5.74) is -0.413. The van der Waals surface area contributed by atoms with Crippen molar-refractivity contribution in [2.24, 2.45) is 0 Å². The van der Waals surface area contributed by atoms with Crippen molar-refractivity contribution in [3.63, 3.8) is 0 Å². The number of thioether (sulfide) groups is 1. The third-order valence-corrected chi connectivity index (χ3v) is 5.20. The maximum absolute atomic E-state index is 10.3. The van der Waals surface area contributed by atoms with Gasteiger partial charge in [0.15, 0.2) is 5.79 Å². The first-order valence-electron chi connectivity index (χ1n) is 7.01. The second-order valence-electron chi connectivity index (χ2n) is 5.62. The molecule has 0 aromatic heterocycles. The molecule has 1 saturated carbocycles. The molecule has 5 nitrogen and oxygen atoms in total. The Morgan fingerprint density at radius 3 is 2.53 bits per heavy atom. The van der Waals surface area contributed by atoms with Gasteiger partial charge in [0, 0.05) is 12.8 Å². The van der Waals surface area contributed by atoms with Crippen LogP contribution in [0.3, 0.4) is 0 Å². The van der Waals surface area contributed by atoms with Gasteiger partial charge >= 0.3 is 0 Å². The summed E-state index contributed by atoms with van der Waals surface area (Å²) in [5.74, 6) is -0.560. The summed E-state index contributed by atoms with van der Waals surface area (Å²) in [7, 11) is 0. The lowest BCUT2D eigenvalue weighted by Gasteiger charge is -2.51. The minimum atomic E-state index is -0.907. The summed E-state index contributed by atoms with van der Waals surface area (Å²) in [5, 5.41) is 20.3. The average molecular weight is 290 g/mol. The summed E-state index contributed by atoms with van der Waals surface area (Å²) < 4.78 is 17.7. The molecule has 5 atom stereocenters. The zero-order valence-electron chi connectivity index (χ0n) is 11.2. The molecule has 110 valence electrons. The lowest BCUT2D eigenvalue weighted by Crippen LogP contribution is -2.64. The van der Waals surface area contributed by atoms with Gasteiger partial charge < -0.3 is 24.4 Å². The van der Waals surface area contributed by atoms with Gasteiger partial charge in [-0.05, 0) is 19.1 Å². The Labute approximate surface area is 117 Å². The van der Waals surface area contributed by atoms with E-state index in [2.05, 4.69) is 0 Å². The van der Waals surface area contributed by atoms with E-state index in [1.165, 1.54) is 18.2 Å². The van der Waals surface area contributed by atoms with E-state index in [1.54, 1.807) is 0 Å². The van der Waals surface area contributed by atoms with Gasteiger partial charge in [-0.15, -0.1) is 11.8 Å². The number of hydrogen-bond acceptors (Lipinski definition) is 6. The second kappa shape index (κ2) is 5.50. The normalized spacial score (nSPS) is 45.9. The number of ether oxygens (including phenoxy) is 3. The number of hydrogen-bond donors (Lipinski definition) is 2. The molecule has 3 fully saturated rings. The van der Waals surface area contributed by atoms with E-state index in [0.29, 0.717) is 6.61 Å². The highest BCUT2D eigenvalue weighted by molar-refractivity contribution is 7.99. The second-order valence-corrected chi connectivity index (χ2v) is 6.56. The monoisotopic (exact) mass is 290 g/mol. The quantitative estimate of drug-likeness (QED) is 0.747. The van der Waals surface area contributed by atoms with Crippen molar-refractivity contribution in [1.82, 2.24) is 0 Å². The molecule has 0 aromatic rings. The van der Waals surface area contributed by atoms with Gasteiger partial charge in [0.2, 0.25) is 0 Å². The van der Waals surface area contributed by atoms with Crippen LogP contribution in [0.2, 0.25) is 0 Å². The highest BCUT2D eigenvalue weighted by atomic mass is 32.2. The van der Waals surface area contributed by atoms with Crippen LogP contribution in [0.25, 0.3) is 0 Å². The zero-order valence-corrected chi connectivity index (χ0v) is 12.0. The van der Waals surface area contributed by atoms with Crippen molar-refractivity contribution in [2.45, 2.75) is 67.7 Å². The molecule has 1 spiro atoms. The molecule has 3 rings (SSSR count). The van der Waals surface area contributed by atoms with Crippen LogP contribution in [0.15, 0.2) is 0 Å². The van der Waals surface area contributed by atoms with Crippen molar-refractivity contribution >= 4 is 11.8 Å². The van der Waals surface area contributed by atoms with Crippen LogP contribution in [0, 0.1) is 0 Å². The minimum Gasteiger partial charge on any atom is -0.387 e. The van der Waals surface area contributed by atoms with E-state index in [0.717, 1.165) is 25.7 Å². The average Bonchev–Trinajstić information content (AvgIpc) is 2.44. The SMILES string of the molecule is CS[C@H]1O[C@@H]2COC3(CCCCC3)O[C@H]2[C@H](O)[C@@H]1O. The van der Waals surface area contributed by atoms with Crippen LogP contribution in [-0.2, 0) is 14.2 Å². The van der Waals surface area contributed by atoms with Gasteiger partial charge in [-0.2, -0.15) is 0 Å². The third kappa shape index (κ3) is 2.54. The number of aliphatic hydroxyl groups excluding tert-OH is 2. The molecule has 0 radical (unpaired) electrons. The fourth-order valence-corrected chi connectivity index (χ4v) is 3.94. The summed E-state index contributed by atoms with van der Waals surface area (Å²) in [6.45, 7) is 0.436. The molecular weight excluding hydrogens is 268 g/mol. The van der Waals surface area contributed by atoms with Gasteiger partial charge in [0.1, 0.15) is 29.9 Å². The van der Waals surface area contributed by atoms with Crippen LogP contribution in [-0.4, -0.2) is 58.7 Å². The molecule has 2 N–H and O–H groups in total. The van der Waals surface area contributed by atoms with Crippen LogP contribution in [0.1, 0.15) is 32.1 Å². The van der Waals surface area contributed by atoms with Crippen molar-refractivity contribution in [2.75, 3.05) is 12.9 Å². The van der Waals surface area contributed by atoms with E-state index in [4.69, 9.17) is 14.2 Å². The molecule has 2 saturated heterocycles. The smallest absolute Gasteiger partial charge is 0.169 e. The molecule has 19 heavy (non-hydrogen) atoms. The first-order valence-corrected chi connectivity index (χ1v) is 8.30. The molecule has 6 heteroatoms. The molecule has 0 unspecified atom stereocenters. The minimum absolute atomic E-state index is 0.289. The van der Waals surface area contributed by atoms with Gasteiger partial charge in [0.05, 0.1) is 6.61 Å². The number of rotatable bonds is 1. The Hall–Kier alpha value is 0.150. The van der Waals surface area contributed by atoms with Gasteiger partial charge in [-0.25, -0.2) is 0 Å². The maximum Gasteiger partial charge on any atom is 0.169 e. The van der Waals surface area contributed by atoms with Gasteiger partial charge in [-0.3, -0.25) is 0 Å². The highest BCUT2D eigenvalue weighted by Gasteiger charge is 2.52. The Balaban J connectivity index is 1.73. The van der Waals surface area contributed by atoms with Crippen molar-refractivity contribution in [1.29, 1.82) is 0 Å². The summed E-state index contributed by atoms with van der Waals surface area (Å²) in [6, 6.07) is 0. The molecule has 0 amide bonds. The third-order valence-electron chi connectivity index (χ3n) is 4.35. The van der Waals surface area contributed by atoms with Gasteiger partial charge in [0.25, 0.3) is 0 Å². The molecule has 0 bridgehead atoms. The van der Waals surface area contributed by atoms with E-state index < -0.39 is 29.5 Å². The zero-order chi connectivity index (χ0) is 13.5. The summed E-state index contributed by atoms with van der Waals surface area (Å²) in [4.78, 5) is 0. The standard InChI is InChI=1S/C13H22O5S/c1-19-12-10(15)9(14)11-8(17-12)7-16-13(18-11)5-3-2-4-6-13/h8-12,14-15H,2-7H2,1H3/t8-,9-,10+,11-,12-/m1/s1. The predicted molar refractivity (Wildman–Crippen MR) is 70.8 cm³/mol. The van der Waals surface area contributed by atoms with Gasteiger partial charge in [-0.1, -0.05) is 6.42 Å². The van der Waals surface area contributed by atoms with Crippen molar-refractivity contribution in [3.8, 4) is 0 Å². The predicted octanol–water partition coefficient (Wildman–Crippen LogP) is 0.872. The number of fused-ring (bicyclic) bond motifs is 1. The van der Waals surface area contributed by atoms with Crippen LogP contribution in [0.5, 0.6) is 0 Å². The van der Waals surface area contributed by atoms with E-state index in [9.17, 15) is 10.2 Å². The molecule has 2 heterocycles. The first-order chi connectivity index (χ1) is 9.15. The fourth-order valence-electron chi connectivity index (χ4n) is 3.25. The Kier molecular flexibility index (Phi) is 4.08. The first kappa shape index (κ1) is 14.1. The Morgan fingerprint density at radius 1 is 1.11 bits per heavy atom. The van der Waals surface area contributed by atoms with Crippen molar-refractivity contribution in [3.05, 3.63) is 0 Å². The Bertz CT molecular complexity index is 318. The van der Waals surface area contributed by atoms with Crippen LogP contribution in [0.4, 0.5) is 0 Å². The van der Waals surface area contributed by atoms with E-state index in [1.807, 2.05) is 6.26 Å². The summed E-state index contributed by atoms with van der Waals surface area (Å²) >= 11 is 1.40.